The Labute approximate surface area is 133 Å². The molecule has 23 heavy (non-hydrogen) atoms. The molecule has 1 aliphatic rings. The quantitative estimate of drug-likeness (QED) is 0.883. The number of nitrogens with zero attached hydrogens (tertiary/aromatic N) is 2. The summed E-state index contributed by atoms with van der Waals surface area (Å²) in [6.07, 6.45) is -2.06. The van der Waals surface area contributed by atoms with E-state index in [0.717, 1.165) is 25.1 Å². The first-order valence-corrected chi connectivity index (χ1v) is 7.60. The van der Waals surface area contributed by atoms with E-state index >= 15 is 0 Å². The summed E-state index contributed by atoms with van der Waals surface area (Å²) in [7, 11) is 0. The molecule has 8 heteroatoms. The number of rotatable bonds is 4. The molecule has 1 aromatic rings. The average molecular weight is 330 g/mol. The van der Waals surface area contributed by atoms with Crippen LogP contribution in [0.5, 0.6) is 0 Å². The highest BCUT2D eigenvalue weighted by Gasteiger charge is 2.31. The minimum atomic E-state index is -4.37. The van der Waals surface area contributed by atoms with Crippen molar-refractivity contribution in [2.75, 3.05) is 24.5 Å². The second-order valence-corrected chi connectivity index (χ2v) is 5.81. The van der Waals surface area contributed by atoms with Gasteiger partial charge in [-0.3, -0.25) is 4.79 Å². The zero-order valence-electron chi connectivity index (χ0n) is 12.9. The standard InChI is InChI=1S/C15H21F3N4O/c1-10(8-19)14(23)21-12-4-6-22(7-5-12)13-3-2-11(9-20-13)15(16,17)18/h2-3,9-10,12H,4-8,19H2,1H3,(H,21,23). The summed E-state index contributed by atoms with van der Waals surface area (Å²) < 4.78 is 37.6. The maximum absolute atomic E-state index is 12.5. The summed E-state index contributed by atoms with van der Waals surface area (Å²) in [5, 5.41) is 2.96. The van der Waals surface area contributed by atoms with Crippen LogP contribution >= 0.6 is 0 Å². The summed E-state index contributed by atoms with van der Waals surface area (Å²) >= 11 is 0. The van der Waals surface area contributed by atoms with Gasteiger partial charge in [-0.2, -0.15) is 13.2 Å². The number of pyridine rings is 1. The Morgan fingerprint density at radius 3 is 2.57 bits per heavy atom. The van der Waals surface area contributed by atoms with Gasteiger partial charge >= 0.3 is 6.18 Å². The van der Waals surface area contributed by atoms with Crippen LogP contribution < -0.4 is 16.0 Å². The number of anilines is 1. The minimum Gasteiger partial charge on any atom is -0.356 e. The van der Waals surface area contributed by atoms with Crippen LogP contribution in [0.1, 0.15) is 25.3 Å². The fourth-order valence-corrected chi connectivity index (χ4v) is 2.44. The number of hydrogen-bond donors (Lipinski definition) is 2. The molecule has 1 fully saturated rings. The summed E-state index contributed by atoms with van der Waals surface area (Å²) in [6.45, 7) is 3.36. The first-order valence-electron chi connectivity index (χ1n) is 7.60. The summed E-state index contributed by atoms with van der Waals surface area (Å²) in [6, 6.07) is 2.50. The van der Waals surface area contributed by atoms with Crippen molar-refractivity contribution in [3.05, 3.63) is 23.9 Å². The number of alkyl halides is 3. The highest BCUT2D eigenvalue weighted by atomic mass is 19.4. The van der Waals surface area contributed by atoms with Crippen molar-refractivity contribution in [3.63, 3.8) is 0 Å². The Kier molecular flexibility index (Phi) is 5.46. The molecule has 0 saturated carbocycles. The molecule has 1 saturated heterocycles. The van der Waals surface area contributed by atoms with Gasteiger partial charge < -0.3 is 16.0 Å². The van der Waals surface area contributed by atoms with E-state index < -0.39 is 11.7 Å². The van der Waals surface area contributed by atoms with Gasteiger partial charge in [-0.25, -0.2) is 4.98 Å². The maximum Gasteiger partial charge on any atom is 0.417 e. The van der Waals surface area contributed by atoms with Crippen LogP contribution in [0.4, 0.5) is 19.0 Å². The molecule has 1 aliphatic heterocycles. The van der Waals surface area contributed by atoms with Gasteiger partial charge in [0.1, 0.15) is 5.82 Å². The minimum absolute atomic E-state index is 0.0568. The number of amides is 1. The van der Waals surface area contributed by atoms with Crippen LogP contribution in [0, 0.1) is 5.92 Å². The number of hydrogen-bond acceptors (Lipinski definition) is 4. The third-order valence-corrected chi connectivity index (χ3v) is 4.04. The lowest BCUT2D eigenvalue weighted by atomic mass is 10.0. The average Bonchev–Trinajstić information content (AvgIpc) is 2.54. The van der Waals surface area contributed by atoms with Crippen molar-refractivity contribution in [2.24, 2.45) is 11.7 Å². The van der Waals surface area contributed by atoms with Gasteiger partial charge in [0.2, 0.25) is 5.91 Å². The monoisotopic (exact) mass is 330 g/mol. The zero-order valence-corrected chi connectivity index (χ0v) is 12.9. The number of carbonyl (C=O) groups excluding carboxylic acids is 1. The second kappa shape index (κ2) is 7.16. The Morgan fingerprint density at radius 1 is 1.43 bits per heavy atom. The zero-order chi connectivity index (χ0) is 17.0. The van der Waals surface area contributed by atoms with Crippen molar-refractivity contribution in [3.8, 4) is 0 Å². The normalized spacial score (nSPS) is 17.9. The van der Waals surface area contributed by atoms with Crippen molar-refractivity contribution >= 4 is 11.7 Å². The topological polar surface area (TPSA) is 71.2 Å². The molecule has 3 N–H and O–H groups in total. The molecule has 1 atom stereocenters. The van der Waals surface area contributed by atoms with Gasteiger partial charge in [0.25, 0.3) is 0 Å². The highest BCUT2D eigenvalue weighted by molar-refractivity contribution is 5.78. The molecule has 0 aliphatic carbocycles. The smallest absolute Gasteiger partial charge is 0.356 e. The van der Waals surface area contributed by atoms with Gasteiger partial charge in [-0.15, -0.1) is 0 Å². The molecule has 5 nitrogen and oxygen atoms in total. The van der Waals surface area contributed by atoms with E-state index in [1.807, 2.05) is 4.90 Å². The lowest BCUT2D eigenvalue weighted by Gasteiger charge is -2.33. The number of aromatic nitrogens is 1. The van der Waals surface area contributed by atoms with E-state index in [-0.39, 0.29) is 17.9 Å². The van der Waals surface area contributed by atoms with Crippen LogP contribution in [0.25, 0.3) is 0 Å². The summed E-state index contributed by atoms with van der Waals surface area (Å²) in [5.74, 6) is 0.251. The predicted octanol–water partition coefficient (Wildman–Crippen LogP) is 1.78. The maximum atomic E-state index is 12.5. The van der Waals surface area contributed by atoms with Crippen LogP contribution in [-0.2, 0) is 11.0 Å². The number of nitrogens with two attached hydrogens (primary N) is 1. The van der Waals surface area contributed by atoms with Crippen LogP contribution in [0.2, 0.25) is 0 Å². The molecule has 0 spiro atoms. The van der Waals surface area contributed by atoms with Gasteiger partial charge in [0.05, 0.1) is 5.56 Å². The van der Waals surface area contributed by atoms with E-state index in [0.29, 0.717) is 25.5 Å². The predicted molar refractivity (Wildman–Crippen MR) is 80.8 cm³/mol. The fourth-order valence-electron chi connectivity index (χ4n) is 2.44. The van der Waals surface area contributed by atoms with Crippen LogP contribution in [-0.4, -0.2) is 36.6 Å². The molecular weight excluding hydrogens is 309 g/mol. The summed E-state index contributed by atoms with van der Waals surface area (Å²) in [4.78, 5) is 17.6. The van der Waals surface area contributed by atoms with Crippen molar-refractivity contribution < 1.29 is 18.0 Å². The number of piperidine rings is 1. The van der Waals surface area contributed by atoms with Crippen molar-refractivity contribution in [2.45, 2.75) is 32.0 Å². The molecule has 128 valence electrons. The van der Waals surface area contributed by atoms with Crippen molar-refractivity contribution in [1.29, 1.82) is 0 Å². The van der Waals surface area contributed by atoms with Crippen molar-refractivity contribution in [1.82, 2.24) is 10.3 Å². The van der Waals surface area contributed by atoms with Crippen LogP contribution in [0.15, 0.2) is 18.3 Å². The van der Waals surface area contributed by atoms with Gasteiger partial charge in [0, 0.05) is 37.8 Å². The number of carbonyl (C=O) groups is 1. The van der Waals surface area contributed by atoms with E-state index in [9.17, 15) is 18.0 Å². The molecule has 2 heterocycles. The summed E-state index contributed by atoms with van der Waals surface area (Å²) in [5.41, 5.74) is 4.71. The molecule has 0 radical (unpaired) electrons. The first kappa shape index (κ1) is 17.5. The molecule has 1 amide bonds. The SMILES string of the molecule is CC(CN)C(=O)NC1CCN(c2ccc(C(F)(F)F)cn2)CC1. The van der Waals surface area contributed by atoms with E-state index in [1.165, 1.54) is 6.07 Å². The molecule has 2 rings (SSSR count). The largest absolute Gasteiger partial charge is 0.417 e. The number of halogens is 3. The van der Waals surface area contributed by atoms with Crippen LogP contribution in [0.3, 0.4) is 0 Å². The molecule has 1 unspecified atom stereocenters. The lowest BCUT2D eigenvalue weighted by Crippen LogP contribution is -2.47. The molecular formula is C15H21F3N4O. The molecule has 0 bridgehead atoms. The lowest BCUT2D eigenvalue weighted by molar-refractivity contribution is -0.137. The van der Waals surface area contributed by atoms with Gasteiger partial charge in [-0.1, -0.05) is 6.92 Å². The Bertz CT molecular complexity index is 525. The fraction of sp³-hybridized carbons (Fsp3) is 0.600. The van der Waals surface area contributed by atoms with Gasteiger partial charge in [-0.05, 0) is 25.0 Å². The van der Waals surface area contributed by atoms with E-state index in [4.69, 9.17) is 5.73 Å². The molecule has 0 aromatic carbocycles. The third kappa shape index (κ3) is 4.57. The first-order chi connectivity index (χ1) is 10.8. The third-order valence-electron chi connectivity index (χ3n) is 4.04. The van der Waals surface area contributed by atoms with E-state index in [1.54, 1.807) is 6.92 Å². The Hall–Kier alpha value is -1.83. The second-order valence-electron chi connectivity index (χ2n) is 5.81. The molecule has 1 aromatic heterocycles. The Balaban J connectivity index is 1.88. The Morgan fingerprint density at radius 2 is 2.09 bits per heavy atom. The van der Waals surface area contributed by atoms with Gasteiger partial charge in [0.15, 0.2) is 0 Å². The highest BCUT2D eigenvalue weighted by Crippen LogP contribution is 2.29. The number of nitrogens with one attached hydrogen (secondary N) is 1. The van der Waals surface area contributed by atoms with E-state index in [2.05, 4.69) is 10.3 Å².